The molecule has 2 N–H and O–H groups in total. The third-order valence-corrected chi connectivity index (χ3v) is 7.11. The molecule has 0 saturated heterocycles. The Kier molecular flexibility index (Phi) is 8.14. The highest BCUT2D eigenvalue weighted by atomic mass is 35.5. The Morgan fingerprint density at radius 2 is 1.80 bits per heavy atom. The van der Waals surface area contributed by atoms with Crippen molar-refractivity contribution in [3.05, 3.63) is 99.4 Å². The van der Waals surface area contributed by atoms with Crippen LogP contribution in [0, 0.1) is 0 Å². The lowest BCUT2D eigenvalue weighted by Gasteiger charge is -2.29. The summed E-state index contributed by atoms with van der Waals surface area (Å²) in [6.45, 7) is 4.29. The molecule has 0 aliphatic carbocycles. The normalized spacial score (nSPS) is 14.3. The predicted molar refractivity (Wildman–Crippen MR) is 155 cm³/mol. The number of fused-ring (bicyclic) bond motifs is 1. The summed E-state index contributed by atoms with van der Waals surface area (Å²) in [5, 5.41) is 11.6. The lowest BCUT2D eigenvalue weighted by molar-refractivity contribution is -0.113. The highest BCUT2D eigenvalue weighted by Crippen LogP contribution is 2.39. The van der Waals surface area contributed by atoms with Crippen LogP contribution in [0.5, 0.6) is 17.2 Å². The fourth-order valence-electron chi connectivity index (χ4n) is 4.47. The molecular weight excluding hydrogens is 553 g/mol. The monoisotopic (exact) mass is 579 g/mol. The largest absolute Gasteiger partial charge is 0.497 e. The molecule has 40 heavy (non-hydrogen) atoms. The van der Waals surface area contributed by atoms with E-state index in [4.69, 9.17) is 37.4 Å². The number of amides is 1. The molecule has 1 aliphatic rings. The number of ether oxygens (including phenoxy) is 3. The molecule has 0 unspecified atom stereocenters. The van der Waals surface area contributed by atoms with Gasteiger partial charge in [0, 0.05) is 27.0 Å². The van der Waals surface area contributed by atoms with Crippen LogP contribution < -0.4 is 24.8 Å². The second-order valence-electron chi connectivity index (χ2n) is 8.91. The first-order valence-electron chi connectivity index (χ1n) is 12.5. The average Bonchev–Trinajstić information content (AvgIpc) is 3.41. The van der Waals surface area contributed by atoms with Gasteiger partial charge in [0.1, 0.15) is 24.7 Å². The molecule has 1 amide bonds. The number of nitrogens with zero attached hydrogens (tertiary/aromatic N) is 3. The van der Waals surface area contributed by atoms with Gasteiger partial charge in [-0.3, -0.25) is 4.79 Å². The SMILES string of the molecule is CCOc1cc([C@@H]2C(C(=O)Nc3ccc(OC)cc3)=C(C)Nc3ncnn32)ccc1OCc1c(Cl)cccc1Cl. The van der Waals surface area contributed by atoms with E-state index in [1.807, 2.05) is 26.0 Å². The van der Waals surface area contributed by atoms with Crippen molar-refractivity contribution in [3.63, 3.8) is 0 Å². The van der Waals surface area contributed by atoms with Gasteiger partial charge in [-0.25, -0.2) is 4.68 Å². The van der Waals surface area contributed by atoms with E-state index in [1.54, 1.807) is 60.3 Å². The van der Waals surface area contributed by atoms with Crippen LogP contribution in [0.15, 0.2) is 78.3 Å². The van der Waals surface area contributed by atoms with Gasteiger partial charge in [0.15, 0.2) is 11.5 Å². The fourth-order valence-corrected chi connectivity index (χ4v) is 4.97. The van der Waals surface area contributed by atoms with Gasteiger partial charge in [0.2, 0.25) is 5.95 Å². The summed E-state index contributed by atoms with van der Waals surface area (Å²) in [4.78, 5) is 18.0. The first kappa shape index (κ1) is 27.4. The fraction of sp³-hybridized carbons (Fsp3) is 0.207. The van der Waals surface area contributed by atoms with Gasteiger partial charge in [0.25, 0.3) is 5.91 Å². The Morgan fingerprint density at radius 3 is 2.50 bits per heavy atom. The van der Waals surface area contributed by atoms with Crippen LogP contribution in [-0.4, -0.2) is 34.4 Å². The smallest absolute Gasteiger partial charge is 0.255 e. The van der Waals surface area contributed by atoms with Crippen LogP contribution in [0.3, 0.4) is 0 Å². The maximum atomic E-state index is 13.7. The molecule has 1 aromatic heterocycles. The van der Waals surface area contributed by atoms with E-state index in [9.17, 15) is 4.79 Å². The van der Waals surface area contributed by atoms with Crippen molar-refractivity contribution < 1.29 is 19.0 Å². The van der Waals surface area contributed by atoms with Crippen LogP contribution in [0.2, 0.25) is 10.0 Å². The lowest BCUT2D eigenvalue weighted by atomic mass is 9.94. The first-order valence-corrected chi connectivity index (χ1v) is 13.3. The van der Waals surface area contributed by atoms with Crippen molar-refractivity contribution in [1.82, 2.24) is 14.8 Å². The van der Waals surface area contributed by atoms with Gasteiger partial charge in [0.05, 0.1) is 19.3 Å². The maximum absolute atomic E-state index is 13.7. The number of hydrogen-bond donors (Lipinski definition) is 2. The Morgan fingerprint density at radius 1 is 1.05 bits per heavy atom. The Labute approximate surface area is 241 Å². The van der Waals surface area contributed by atoms with Crippen molar-refractivity contribution in [2.75, 3.05) is 24.4 Å². The van der Waals surface area contributed by atoms with Crippen LogP contribution in [0.25, 0.3) is 0 Å². The standard InChI is InChI=1S/C29H27Cl2N5O4/c1-4-39-25-14-18(8-13-24(25)40-15-21-22(30)6-5-7-23(21)31)27-26(17(2)34-29-32-16-33-36(27)29)28(37)35-19-9-11-20(38-3)12-10-19/h5-14,16,27H,4,15H2,1-3H3,(H,35,37)(H,32,33,34)/t27-/m1/s1. The molecule has 0 radical (unpaired) electrons. The van der Waals surface area contributed by atoms with Gasteiger partial charge in [-0.2, -0.15) is 10.1 Å². The minimum atomic E-state index is -0.580. The number of benzene rings is 3. The van der Waals surface area contributed by atoms with E-state index in [0.29, 0.717) is 62.4 Å². The second-order valence-corrected chi connectivity index (χ2v) is 9.72. The molecule has 0 spiro atoms. The molecule has 2 heterocycles. The average molecular weight is 580 g/mol. The highest BCUT2D eigenvalue weighted by molar-refractivity contribution is 6.35. The first-order chi connectivity index (χ1) is 19.4. The Bertz CT molecular complexity index is 1550. The summed E-state index contributed by atoms with van der Waals surface area (Å²) < 4.78 is 18.9. The van der Waals surface area contributed by atoms with Gasteiger partial charge in [-0.15, -0.1) is 0 Å². The number of allylic oxidation sites excluding steroid dienone is 1. The van der Waals surface area contributed by atoms with E-state index < -0.39 is 6.04 Å². The summed E-state index contributed by atoms with van der Waals surface area (Å²) >= 11 is 12.7. The Hall–Kier alpha value is -4.21. The van der Waals surface area contributed by atoms with Crippen LogP contribution in [0.1, 0.15) is 31.0 Å². The number of anilines is 2. The number of methoxy groups -OCH3 is 1. The summed E-state index contributed by atoms with van der Waals surface area (Å²) in [6, 6.07) is 17.4. The van der Waals surface area contributed by atoms with Gasteiger partial charge < -0.3 is 24.8 Å². The molecule has 11 heteroatoms. The summed E-state index contributed by atoms with van der Waals surface area (Å²) in [5.41, 5.74) is 3.21. The van der Waals surface area contributed by atoms with Crippen molar-refractivity contribution in [2.24, 2.45) is 0 Å². The number of nitrogens with one attached hydrogen (secondary N) is 2. The second kappa shape index (κ2) is 11.9. The number of aromatic nitrogens is 3. The molecule has 0 fully saturated rings. The van der Waals surface area contributed by atoms with Gasteiger partial charge >= 0.3 is 0 Å². The number of halogens is 2. The summed E-state index contributed by atoms with van der Waals surface area (Å²) in [7, 11) is 1.59. The van der Waals surface area contributed by atoms with E-state index in [2.05, 4.69) is 20.7 Å². The molecule has 9 nitrogen and oxygen atoms in total. The minimum absolute atomic E-state index is 0.160. The third kappa shape index (κ3) is 5.57. The Balaban J connectivity index is 1.48. The zero-order chi connectivity index (χ0) is 28.2. The third-order valence-electron chi connectivity index (χ3n) is 6.40. The molecule has 4 aromatic rings. The number of carbonyl (C=O) groups excluding carboxylic acids is 1. The zero-order valence-electron chi connectivity index (χ0n) is 22.1. The van der Waals surface area contributed by atoms with Gasteiger partial charge in [-0.1, -0.05) is 35.3 Å². The number of rotatable bonds is 9. The number of carbonyl (C=O) groups is 1. The lowest BCUT2D eigenvalue weighted by Crippen LogP contribution is -2.31. The molecule has 1 atom stereocenters. The summed E-state index contributed by atoms with van der Waals surface area (Å²) in [5.74, 6) is 1.96. The molecular formula is C29H27Cl2N5O4. The van der Waals surface area contributed by atoms with E-state index in [-0.39, 0.29) is 12.5 Å². The number of hydrogen-bond acceptors (Lipinski definition) is 7. The topological polar surface area (TPSA) is 99.5 Å². The molecule has 5 rings (SSSR count). The molecule has 0 bridgehead atoms. The molecule has 206 valence electrons. The van der Waals surface area contributed by atoms with Crippen molar-refractivity contribution in [2.45, 2.75) is 26.5 Å². The van der Waals surface area contributed by atoms with Crippen LogP contribution in [-0.2, 0) is 11.4 Å². The van der Waals surface area contributed by atoms with Crippen LogP contribution >= 0.6 is 23.2 Å². The van der Waals surface area contributed by atoms with E-state index in [0.717, 1.165) is 5.56 Å². The predicted octanol–water partition coefficient (Wildman–Crippen LogP) is 6.50. The summed E-state index contributed by atoms with van der Waals surface area (Å²) in [6.07, 6.45) is 1.45. The highest BCUT2D eigenvalue weighted by Gasteiger charge is 2.34. The molecule has 3 aromatic carbocycles. The van der Waals surface area contributed by atoms with Crippen molar-refractivity contribution >= 4 is 40.7 Å². The molecule has 0 saturated carbocycles. The maximum Gasteiger partial charge on any atom is 0.255 e. The zero-order valence-corrected chi connectivity index (χ0v) is 23.6. The van der Waals surface area contributed by atoms with E-state index in [1.165, 1.54) is 6.33 Å². The van der Waals surface area contributed by atoms with Gasteiger partial charge in [-0.05, 0) is 67.9 Å². The van der Waals surface area contributed by atoms with Crippen molar-refractivity contribution in [3.8, 4) is 17.2 Å². The molecule has 1 aliphatic heterocycles. The quantitative estimate of drug-likeness (QED) is 0.233. The minimum Gasteiger partial charge on any atom is -0.497 e. The van der Waals surface area contributed by atoms with Crippen molar-refractivity contribution in [1.29, 1.82) is 0 Å². The van der Waals surface area contributed by atoms with E-state index >= 15 is 0 Å². The van der Waals surface area contributed by atoms with Crippen LogP contribution in [0.4, 0.5) is 11.6 Å².